The van der Waals surface area contributed by atoms with Crippen molar-refractivity contribution in [3.63, 3.8) is 0 Å². The number of hydrogen-bond acceptors (Lipinski definition) is 6. The number of rotatable bonds is 4. The summed E-state index contributed by atoms with van der Waals surface area (Å²) in [5.41, 5.74) is 0.268. The SMILES string of the molecule is COc1ccc(C(=O)NC2=NCCS2)cc1S(=O)(=O)N1CCCC[C@@H]1C. The fraction of sp³-hybridized carbons (Fsp3) is 0.529. The molecular formula is C17H23N3O4S2. The summed E-state index contributed by atoms with van der Waals surface area (Å²) in [7, 11) is -2.32. The van der Waals surface area contributed by atoms with Crippen molar-refractivity contribution < 1.29 is 17.9 Å². The number of nitrogens with one attached hydrogen (secondary N) is 1. The van der Waals surface area contributed by atoms with Gasteiger partial charge in [0, 0.05) is 23.9 Å². The van der Waals surface area contributed by atoms with Crippen molar-refractivity contribution >= 4 is 32.9 Å². The van der Waals surface area contributed by atoms with Crippen molar-refractivity contribution in [2.75, 3.05) is 26.0 Å². The Bertz CT molecular complexity index is 823. The van der Waals surface area contributed by atoms with Crippen molar-refractivity contribution in [2.24, 2.45) is 4.99 Å². The van der Waals surface area contributed by atoms with Gasteiger partial charge in [-0.1, -0.05) is 18.2 Å². The average molecular weight is 398 g/mol. The smallest absolute Gasteiger partial charge is 0.257 e. The standard InChI is InChI=1S/C17H23N3O4S2/c1-12-5-3-4-9-20(12)26(22,23)15-11-13(6-7-14(15)24-2)16(21)19-17-18-8-10-25-17/h6-7,11-12H,3-5,8-10H2,1-2H3,(H,18,19,21)/t12-/m0/s1. The highest BCUT2D eigenvalue weighted by molar-refractivity contribution is 8.14. The van der Waals surface area contributed by atoms with Gasteiger partial charge in [0.15, 0.2) is 5.17 Å². The predicted octanol–water partition coefficient (Wildman–Crippen LogP) is 2.09. The maximum absolute atomic E-state index is 13.2. The number of benzene rings is 1. The molecule has 0 bridgehead atoms. The quantitative estimate of drug-likeness (QED) is 0.840. The van der Waals surface area contributed by atoms with Gasteiger partial charge in [-0.15, -0.1) is 0 Å². The Hall–Kier alpha value is -1.58. The van der Waals surface area contributed by atoms with E-state index in [-0.39, 0.29) is 28.2 Å². The lowest BCUT2D eigenvalue weighted by Gasteiger charge is -2.32. The summed E-state index contributed by atoms with van der Waals surface area (Å²) in [6, 6.07) is 4.41. The number of aliphatic imine (C=N–C) groups is 1. The first kappa shape index (κ1) is 19.2. The van der Waals surface area contributed by atoms with Gasteiger partial charge in [0.1, 0.15) is 10.6 Å². The van der Waals surface area contributed by atoms with Crippen LogP contribution >= 0.6 is 11.8 Å². The zero-order valence-electron chi connectivity index (χ0n) is 14.9. The molecule has 0 unspecified atom stereocenters. The van der Waals surface area contributed by atoms with Crippen LogP contribution in [0.5, 0.6) is 5.75 Å². The number of thioether (sulfide) groups is 1. The molecule has 1 fully saturated rings. The van der Waals surface area contributed by atoms with Gasteiger partial charge in [0.25, 0.3) is 5.91 Å². The van der Waals surface area contributed by atoms with E-state index in [4.69, 9.17) is 4.74 Å². The van der Waals surface area contributed by atoms with Crippen LogP contribution in [-0.2, 0) is 10.0 Å². The Labute approximate surface area is 158 Å². The van der Waals surface area contributed by atoms with Gasteiger partial charge in [-0.05, 0) is 38.0 Å². The Morgan fingerprint density at radius 2 is 2.19 bits per heavy atom. The molecule has 142 valence electrons. The summed E-state index contributed by atoms with van der Waals surface area (Å²) in [6.45, 7) is 3.07. The molecular weight excluding hydrogens is 374 g/mol. The molecule has 1 saturated heterocycles. The molecule has 0 aromatic heterocycles. The van der Waals surface area contributed by atoms with E-state index in [0.717, 1.165) is 25.0 Å². The van der Waals surface area contributed by atoms with Gasteiger partial charge in [-0.2, -0.15) is 4.31 Å². The lowest BCUT2D eigenvalue weighted by molar-refractivity contribution is 0.0977. The first-order valence-electron chi connectivity index (χ1n) is 8.62. The number of nitrogens with zero attached hydrogens (tertiary/aromatic N) is 2. The van der Waals surface area contributed by atoms with E-state index in [0.29, 0.717) is 18.3 Å². The minimum Gasteiger partial charge on any atom is -0.495 e. The third-order valence-electron chi connectivity index (χ3n) is 4.56. The van der Waals surface area contributed by atoms with Gasteiger partial charge < -0.3 is 10.1 Å². The van der Waals surface area contributed by atoms with E-state index in [1.54, 1.807) is 6.07 Å². The summed E-state index contributed by atoms with van der Waals surface area (Å²) in [5, 5.41) is 3.29. The second kappa shape index (κ2) is 7.98. The van der Waals surface area contributed by atoms with Crippen molar-refractivity contribution in [1.82, 2.24) is 9.62 Å². The first-order valence-corrected chi connectivity index (χ1v) is 11.0. The molecule has 7 nitrogen and oxygen atoms in total. The van der Waals surface area contributed by atoms with Gasteiger partial charge in [0.05, 0.1) is 13.7 Å². The van der Waals surface area contributed by atoms with Gasteiger partial charge in [-0.3, -0.25) is 9.79 Å². The maximum atomic E-state index is 13.2. The Morgan fingerprint density at radius 1 is 1.38 bits per heavy atom. The van der Waals surface area contributed by atoms with Crippen LogP contribution in [-0.4, -0.2) is 55.8 Å². The summed E-state index contributed by atoms with van der Waals surface area (Å²) >= 11 is 1.47. The van der Waals surface area contributed by atoms with E-state index < -0.39 is 10.0 Å². The second-order valence-electron chi connectivity index (χ2n) is 6.32. The molecule has 1 amide bonds. The minimum absolute atomic E-state index is 0.0300. The maximum Gasteiger partial charge on any atom is 0.257 e. The highest BCUT2D eigenvalue weighted by Crippen LogP contribution is 2.31. The van der Waals surface area contributed by atoms with Gasteiger partial charge in [0.2, 0.25) is 10.0 Å². The molecule has 2 aliphatic heterocycles. The molecule has 3 rings (SSSR count). The van der Waals surface area contributed by atoms with E-state index in [1.165, 1.54) is 35.3 Å². The largest absolute Gasteiger partial charge is 0.495 e. The number of carbonyl (C=O) groups is 1. The zero-order chi connectivity index (χ0) is 18.7. The van der Waals surface area contributed by atoms with Crippen LogP contribution in [0.4, 0.5) is 0 Å². The van der Waals surface area contributed by atoms with E-state index in [1.807, 2.05) is 6.92 Å². The van der Waals surface area contributed by atoms with Gasteiger partial charge >= 0.3 is 0 Å². The lowest BCUT2D eigenvalue weighted by atomic mass is 10.1. The lowest BCUT2D eigenvalue weighted by Crippen LogP contribution is -2.42. The molecule has 26 heavy (non-hydrogen) atoms. The monoisotopic (exact) mass is 397 g/mol. The first-order chi connectivity index (χ1) is 12.4. The van der Waals surface area contributed by atoms with Crippen LogP contribution < -0.4 is 10.1 Å². The fourth-order valence-electron chi connectivity index (χ4n) is 3.15. The van der Waals surface area contributed by atoms with Crippen LogP contribution in [0.25, 0.3) is 0 Å². The van der Waals surface area contributed by atoms with E-state index >= 15 is 0 Å². The molecule has 2 heterocycles. The Morgan fingerprint density at radius 3 is 2.85 bits per heavy atom. The molecule has 1 N–H and O–H groups in total. The molecule has 2 aliphatic rings. The van der Waals surface area contributed by atoms with Crippen molar-refractivity contribution in [2.45, 2.75) is 37.1 Å². The van der Waals surface area contributed by atoms with Crippen molar-refractivity contribution in [1.29, 1.82) is 0 Å². The molecule has 0 aliphatic carbocycles. The summed E-state index contributed by atoms with van der Waals surface area (Å²) < 4.78 is 33.1. The average Bonchev–Trinajstić information content (AvgIpc) is 3.14. The van der Waals surface area contributed by atoms with Crippen LogP contribution in [0, 0.1) is 0 Å². The number of ether oxygens (including phenoxy) is 1. The van der Waals surface area contributed by atoms with E-state index in [9.17, 15) is 13.2 Å². The molecule has 0 saturated carbocycles. The number of sulfonamides is 1. The van der Waals surface area contributed by atoms with Crippen LogP contribution in [0.2, 0.25) is 0 Å². The molecule has 0 spiro atoms. The molecule has 0 radical (unpaired) electrons. The number of carbonyl (C=O) groups excluding carboxylic acids is 1. The summed E-state index contributed by atoms with van der Waals surface area (Å²) in [4.78, 5) is 16.7. The third-order valence-corrected chi connectivity index (χ3v) is 7.49. The molecule has 1 atom stereocenters. The normalized spacial score (nSPS) is 21.3. The highest BCUT2D eigenvalue weighted by atomic mass is 32.2. The topological polar surface area (TPSA) is 88.1 Å². The van der Waals surface area contributed by atoms with Crippen LogP contribution in [0.1, 0.15) is 36.5 Å². The Kier molecular flexibility index (Phi) is 5.89. The highest BCUT2D eigenvalue weighted by Gasteiger charge is 2.33. The number of methoxy groups -OCH3 is 1. The minimum atomic E-state index is -3.74. The van der Waals surface area contributed by atoms with Crippen LogP contribution in [0.15, 0.2) is 28.1 Å². The summed E-state index contributed by atoms with van der Waals surface area (Å²) in [6.07, 6.45) is 2.69. The number of amidine groups is 1. The number of hydrogen-bond donors (Lipinski definition) is 1. The molecule has 9 heteroatoms. The Balaban J connectivity index is 1.93. The second-order valence-corrected chi connectivity index (χ2v) is 9.26. The number of piperidine rings is 1. The molecule has 1 aromatic rings. The van der Waals surface area contributed by atoms with Crippen LogP contribution in [0.3, 0.4) is 0 Å². The molecule has 1 aromatic carbocycles. The van der Waals surface area contributed by atoms with Crippen molar-refractivity contribution in [3.8, 4) is 5.75 Å². The fourth-order valence-corrected chi connectivity index (χ4v) is 5.76. The van der Waals surface area contributed by atoms with Crippen molar-refractivity contribution in [3.05, 3.63) is 23.8 Å². The third kappa shape index (κ3) is 3.89. The number of amides is 1. The van der Waals surface area contributed by atoms with E-state index in [2.05, 4.69) is 10.3 Å². The zero-order valence-corrected chi connectivity index (χ0v) is 16.5. The predicted molar refractivity (Wildman–Crippen MR) is 102 cm³/mol. The summed E-state index contributed by atoms with van der Waals surface area (Å²) in [5.74, 6) is 0.709. The van der Waals surface area contributed by atoms with Gasteiger partial charge in [-0.25, -0.2) is 8.42 Å².